The number of amides is 17. The average Bonchev–Trinajstić information content (AvgIpc) is 1.81. The molecular weight excluding hydrogens is 1490 g/mol. The Kier molecular flexibility index (Phi) is 35.0. The van der Waals surface area contributed by atoms with Crippen LogP contribution < -0.4 is 92.5 Å². The number of carboxylic acids is 1. The van der Waals surface area contributed by atoms with Gasteiger partial charge in [-0.15, -0.1) is 0 Å². The lowest BCUT2D eigenvalue weighted by Gasteiger charge is -2.29. The van der Waals surface area contributed by atoms with Crippen LogP contribution >= 0.6 is 25.3 Å². The van der Waals surface area contributed by atoms with E-state index in [-0.39, 0.29) is 23.5 Å². The fourth-order valence-electron chi connectivity index (χ4n) is 11.2. The average molecular weight is 1580 g/mol. The molecule has 4 aromatic carbocycles. The Bertz CT molecular complexity index is 4270. The number of rotatable bonds is 46. The molecule has 0 bridgehead atoms. The van der Waals surface area contributed by atoms with Crippen LogP contribution in [0.2, 0.25) is 0 Å². The number of phenolic OH excluding ortho intramolecular Hbond substituents is 1. The van der Waals surface area contributed by atoms with Crippen molar-refractivity contribution in [2.75, 3.05) is 18.1 Å². The monoisotopic (exact) mass is 1580 g/mol. The SMILES string of the molecule is CC(=O)N[C@@H](CS)C(=O)N[C@@H](CCC(N)=O)C(=O)N[C@H](C(=O)N[C@@H](Cc1c[nH]c2ccccc12)C(=O)N[C@@H](CCC(N)=O)C(=O)N[C@@H](CS)C(=O)N[C@@H](Cc1ccc(O)cc1)C(=O)N[C@@H](Cc1cccc2ccccc12)C(=O)N[C@H](CC(N)=O)C(=O)N[C@@H](CCC(=O)O)C(=O)N[C@@H](CC(N)=O)C(=O)NCC(N)=O)[C@@H](C)O. The third-order valence-electron chi connectivity index (χ3n) is 16.9. The molecule has 0 aliphatic heterocycles. The molecule has 5 aromatic rings. The molecule has 12 atom stereocenters. The number of fused-ring (bicyclic) bond motifs is 2. The van der Waals surface area contributed by atoms with Gasteiger partial charge in [-0.1, -0.05) is 72.8 Å². The van der Waals surface area contributed by atoms with E-state index in [1.807, 2.05) is 0 Å². The molecule has 17 amide bonds. The van der Waals surface area contributed by atoms with Gasteiger partial charge in [-0.2, -0.15) is 25.3 Å². The number of nitrogens with two attached hydrogens (primary N) is 5. The fraction of sp³-hybridized carbons (Fsp3) is 0.400. The van der Waals surface area contributed by atoms with Crippen molar-refractivity contribution < 1.29 is 102 Å². The number of primary amides is 5. The van der Waals surface area contributed by atoms with Crippen LogP contribution in [0, 0.1) is 0 Å². The number of carboxylic acid groups (broad SMARTS) is 1. The highest BCUT2D eigenvalue weighted by molar-refractivity contribution is 7.80. The van der Waals surface area contributed by atoms with Gasteiger partial charge in [0, 0.05) is 74.1 Å². The number of nitrogens with one attached hydrogen (secondary N) is 13. The molecule has 5 rings (SSSR count). The summed E-state index contributed by atoms with van der Waals surface area (Å²) < 4.78 is 0. The molecular formula is C70H90N18O21S2. The zero-order chi connectivity index (χ0) is 82.3. The Labute approximate surface area is 644 Å². The number of thiol groups is 2. The van der Waals surface area contributed by atoms with Gasteiger partial charge in [0.25, 0.3) is 0 Å². The molecule has 0 fully saturated rings. The zero-order valence-corrected chi connectivity index (χ0v) is 61.8. The number of hydrogen-bond donors (Lipinski definition) is 23. The summed E-state index contributed by atoms with van der Waals surface area (Å²) in [5.74, 6) is -21.3. The smallest absolute Gasteiger partial charge is 0.303 e. The van der Waals surface area contributed by atoms with Gasteiger partial charge in [0.05, 0.1) is 25.5 Å². The quantitative estimate of drug-likeness (QED) is 0.0161. The second kappa shape index (κ2) is 43.6. The molecule has 39 nitrogen and oxygen atoms in total. The standard InChI is InChI=1S/C70H90N18O21S2/c1-33(89)59(88-63(102)44(19-22-54(72)93)81-68(107)51(31-110)78-34(2)90)70(109)86-48(26-38-29-76-42-13-6-5-12-41(38)42)65(104)79-43(18-21-53(71)92)62(101)87-52(32-111)69(108)82-46(24-35-14-16-39(91)17-15-35)64(103)83-47(25-37-10-7-9-36-8-3-4-11-40(36)37)66(105)85-50(28-56(74)95)67(106)80-45(20-23-58(97)98)61(100)84-49(27-55(73)94)60(99)77-30-57(75)96/h3-17,29,33,43-52,59,76,89,91,110-111H,18-28,30-32H2,1-2H3,(H2,71,92)(H2,72,93)(H2,73,94)(H2,74,95)(H2,75,96)(H,77,99)(H,78,90)(H,79,104)(H,80,106)(H,81,107)(H,82,108)(H,83,103)(H,84,100)(H,85,105)(H,86,109)(H,87,101)(H,88,102)(H,97,98)/t33-,43+,44+,45+,46+,47+,48+,49+,50-,51+,52+,59+/m1/s1. The van der Waals surface area contributed by atoms with E-state index in [1.54, 1.807) is 66.7 Å². The molecule has 598 valence electrons. The van der Waals surface area contributed by atoms with Gasteiger partial charge in [0.2, 0.25) is 100 Å². The third-order valence-corrected chi connectivity index (χ3v) is 17.6. The number of aliphatic carboxylic acids is 1. The van der Waals surface area contributed by atoms with Gasteiger partial charge in [0.15, 0.2) is 0 Å². The third kappa shape index (κ3) is 29.3. The van der Waals surface area contributed by atoms with E-state index in [9.17, 15) is 96.8 Å². The number of aromatic nitrogens is 1. The van der Waals surface area contributed by atoms with E-state index in [0.717, 1.165) is 13.8 Å². The van der Waals surface area contributed by atoms with E-state index < -0.39 is 255 Å². The Hall–Kier alpha value is -12.4. The number of phenols is 1. The van der Waals surface area contributed by atoms with Gasteiger partial charge in [0.1, 0.15) is 72.2 Å². The summed E-state index contributed by atoms with van der Waals surface area (Å²) in [7, 11) is 0. The zero-order valence-electron chi connectivity index (χ0n) is 60.0. The molecule has 0 radical (unpaired) electrons. The topological polar surface area (TPSA) is 658 Å². The number of H-pyrrole nitrogens is 1. The van der Waals surface area contributed by atoms with E-state index >= 15 is 4.79 Å². The van der Waals surface area contributed by atoms with Crippen molar-refractivity contribution in [3.63, 3.8) is 0 Å². The number of aromatic amines is 1. The van der Waals surface area contributed by atoms with E-state index in [2.05, 4.69) is 94.0 Å². The van der Waals surface area contributed by atoms with Crippen LogP contribution in [0.15, 0.2) is 97.2 Å². The Balaban J connectivity index is 1.49. The summed E-state index contributed by atoms with van der Waals surface area (Å²) in [6, 6.07) is 4.26. The van der Waals surface area contributed by atoms with Crippen molar-refractivity contribution in [2.24, 2.45) is 28.7 Å². The van der Waals surface area contributed by atoms with Gasteiger partial charge >= 0.3 is 5.97 Å². The molecule has 26 N–H and O–H groups in total. The minimum Gasteiger partial charge on any atom is -0.508 e. The summed E-state index contributed by atoms with van der Waals surface area (Å²) in [6.07, 6.45) is -7.04. The van der Waals surface area contributed by atoms with E-state index in [4.69, 9.17) is 28.7 Å². The normalized spacial score (nSPS) is 14.2. The first-order valence-corrected chi connectivity index (χ1v) is 35.6. The van der Waals surface area contributed by atoms with Gasteiger partial charge in [-0.25, -0.2) is 0 Å². The number of benzene rings is 4. The number of aliphatic hydroxyl groups excluding tert-OH is 1. The minimum absolute atomic E-state index is 0.219. The first-order chi connectivity index (χ1) is 52.5. The second-order valence-corrected chi connectivity index (χ2v) is 26.4. The first kappa shape index (κ1) is 89.2. The number of hydrogen-bond acceptors (Lipinski definition) is 22. The highest BCUT2D eigenvalue weighted by Gasteiger charge is 2.39. The number of aliphatic hydroxyl groups is 1. The van der Waals surface area contributed by atoms with Crippen molar-refractivity contribution >= 4 is 153 Å². The summed E-state index contributed by atoms with van der Waals surface area (Å²) >= 11 is 8.40. The molecule has 0 unspecified atom stereocenters. The van der Waals surface area contributed by atoms with Gasteiger partial charge in [-0.3, -0.25) is 86.3 Å². The molecule has 0 saturated heterocycles. The van der Waals surface area contributed by atoms with Crippen molar-refractivity contribution in [3.05, 3.63) is 114 Å². The van der Waals surface area contributed by atoms with Crippen LogP contribution in [0.25, 0.3) is 21.7 Å². The molecule has 1 heterocycles. The maximum absolute atomic E-state index is 15.1. The van der Waals surface area contributed by atoms with Gasteiger partial charge in [-0.05, 0) is 71.8 Å². The Morgan fingerprint density at radius 3 is 1.29 bits per heavy atom. The van der Waals surface area contributed by atoms with Crippen LogP contribution in [-0.4, -0.2) is 217 Å². The number of carbonyl (C=O) groups is 18. The lowest BCUT2D eigenvalue weighted by atomic mass is 9.97. The van der Waals surface area contributed by atoms with E-state index in [0.29, 0.717) is 32.8 Å². The van der Waals surface area contributed by atoms with Crippen LogP contribution in [-0.2, 0) is 106 Å². The van der Waals surface area contributed by atoms with Crippen molar-refractivity contribution in [1.82, 2.24) is 68.8 Å². The maximum Gasteiger partial charge on any atom is 0.303 e. The Morgan fingerprint density at radius 1 is 0.405 bits per heavy atom. The highest BCUT2D eigenvalue weighted by atomic mass is 32.1. The number of aromatic hydroxyl groups is 1. The molecule has 111 heavy (non-hydrogen) atoms. The lowest BCUT2D eigenvalue weighted by Crippen LogP contribution is -2.62. The number of carbonyl (C=O) groups excluding carboxylic acids is 17. The summed E-state index contributed by atoms with van der Waals surface area (Å²) in [5.41, 5.74) is 28.5. The summed E-state index contributed by atoms with van der Waals surface area (Å²) in [4.78, 5) is 244. The van der Waals surface area contributed by atoms with Crippen molar-refractivity contribution in [3.8, 4) is 5.75 Å². The summed E-state index contributed by atoms with van der Waals surface area (Å²) in [5, 5.41) is 60.9. The van der Waals surface area contributed by atoms with Crippen molar-refractivity contribution in [1.29, 1.82) is 0 Å². The molecule has 0 aliphatic rings. The predicted octanol–water partition coefficient (Wildman–Crippen LogP) is -6.60. The largest absolute Gasteiger partial charge is 0.508 e. The predicted molar refractivity (Wildman–Crippen MR) is 401 cm³/mol. The van der Waals surface area contributed by atoms with Crippen LogP contribution in [0.1, 0.15) is 81.9 Å². The second-order valence-electron chi connectivity index (χ2n) is 25.6. The van der Waals surface area contributed by atoms with Crippen molar-refractivity contribution in [2.45, 2.75) is 157 Å². The fourth-order valence-corrected chi connectivity index (χ4v) is 11.7. The lowest BCUT2D eigenvalue weighted by molar-refractivity contribution is -0.139. The summed E-state index contributed by atoms with van der Waals surface area (Å²) in [6.45, 7) is 1.46. The minimum atomic E-state index is -2.04. The van der Waals surface area contributed by atoms with Crippen LogP contribution in [0.5, 0.6) is 5.75 Å². The highest BCUT2D eigenvalue weighted by Crippen LogP contribution is 2.23. The molecule has 0 aliphatic carbocycles. The molecule has 0 spiro atoms. The van der Waals surface area contributed by atoms with E-state index in [1.165, 1.54) is 30.5 Å². The molecule has 1 aromatic heterocycles. The molecule has 0 saturated carbocycles. The maximum atomic E-state index is 15.1. The number of para-hydroxylation sites is 1. The van der Waals surface area contributed by atoms with Gasteiger partial charge < -0.3 is 113 Å². The molecule has 41 heteroatoms. The van der Waals surface area contributed by atoms with Crippen LogP contribution in [0.3, 0.4) is 0 Å². The van der Waals surface area contributed by atoms with Crippen LogP contribution in [0.4, 0.5) is 0 Å². The Morgan fingerprint density at radius 2 is 0.802 bits per heavy atom. The first-order valence-electron chi connectivity index (χ1n) is 34.4.